The molecule has 0 amide bonds. The Morgan fingerprint density at radius 1 is 1.27 bits per heavy atom. The van der Waals surface area contributed by atoms with Crippen LogP contribution in [0.1, 0.15) is 11.1 Å². The summed E-state index contributed by atoms with van der Waals surface area (Å²) in [7, 11) is 0. The van der Waals surface area contributed by atoms with Crippen LogP contribution in [0, 0.1) is 19.3 Å². The van der Waals surface area contributed by atoms with E-state index in [0.717, 1.165) is 31.5 Å². The van der Waals surface area contributed by atoms with Crippen molar-refractivity contribution in [3.05, 3.63) is 55.4 Å². The van der Waals surface area contributed by atoms with Gasteiger partial charge in [-0.2, -0.15) is 0 Å². The van der Waals surface area contributed by atoms with Gasteiger partial charge in [0.25, 0.3) is 0 Å². The highest BCUT2D eigenvalue weighted by molar-refractivity contribution is 9.11. The molecule has 2 aromatic rings. The van der Waals surface area contributed by atoms with Gasteiger partial charge in [-0.1, -0.05) is 39.5 Å². The average molecular weight is 444 g/mol. The molecule has 0 aliphatic rings. The minimum atomic E-state index is 0.226. The molecule has 2 aromatic carbocycles. The molecule has 0 bridgehead atoms. The minimum absolute atomic E-state index is 0.226. The number of hydrogen-bond donors (Lipinski definition) is 1. The Kier molecular flexibility index (Phi) is 6.19. The normalized spacial score (nSPS) is 10.1. The van der Waals surface area contributed by atoms with E-state index in [9.17, 15) is 0 Å². The maximum atomic E-state index is 6.05. The standard InChI is InChI=1S/C17H14Br2ClNO/c1-3-6-22-17-12(7-13(18)8-15(17)19)10-21-16-9-14(20)5-4-11(16)2/h1,4-5,7-9,21H,6,10H2,2H3. The Morgan fingerprint density at radius 3 is 2.77 bits per heavy atom. The Hall–Kier alpha value is -1.15. The number of anilines is 1. The molecule has 0 saturated heterocycles. The molecular weight excluding hydrogens is 429 g/mol. The third-order valence-corrected chi connectivity index (χ3v) is 4.34. The monoisotopic (exact) mass is 441 g/mol. The molecule has 0 heterocycles. The molecule has 0 fully saturated rings. The van der Waals surface area contributed by atoms with Crippen molar-refractivity contribution < 1.29 is 4.74 Å². The van der Waals surface area contributed by atoms with Gasteiger partial charge in [0, 0.05) is 27.3 Å². The van der Waals surface area contributed by atoms with E-state index in [0.29, 0.717) is 11.6 Å². The summed E-state index contributed by atoms with van der Waals surface area (Å²) in [6, 6.07) is 9.70. The van der Waals surface area contributed by atoms with Gasteiger partial charge >= 0.3 is 0 Å². The van der Waals surface area contributed by atoms with Crippen LogP contribution in [0.3, 0.4) is 0 Å². The summed E-state index contributed by atoms with van der Waals surface area (Å²) in [6.45, 7) is 2.85. The Morgan fingerprint density at radius 2 is 2.05 bits per heavy atom. The van der Waals surface area contributed by atoms with Crippen molar-refractivity contribution in [2.45, 2.75) is 13.5 Å². The lowest BCUT2D eigenvalue weighted by molar-refractivity contribution is 0.364. The van der Waals surface area contributed by atoms with Gasteiger partial charge in [0.15, 0.2) is 0 Å². The van der Waals surface area contributed by atoms with Crippen LogP contribution in [0.25, 0.3) is 0 Å². The zero-order valence-electron chi connectivity index (χ0n) is 11.9. The lowest BCUT2D eigenvalue weighted by atomic mass is 10.1. The number of nitrogens with one attached hydrogen (secondary N) is 1. The molecule has 0 unspecified atom stereocenters. The van der Waals surface area contributed by atoms with Crippen LogP contribution < -0.4 is 10.1 Å². The Labute approximate surface area is 152 Å². The molecule has 5 heteroatoms. The van der Waals surface area contributed by atoms with E-state index in [4.69, 9.17) is 22.8 Å². The fourth-order valence-electron chi connectivity index (χ4n) is 2.00. The van der Waals surface area contributed by atoms with Gasteiger partial charge in [0.05, 0.1) is 4.47 Å². The zero-order valence-corrected chi connectivity index (χ0v) is 15.8. The SMILES string of the molecule is C#CCOc1c(Br)cc(Br)cc1CNc1cc(Cl)ccc1C. The molecule has 114 valence electrons. The predicted molar refractivity (Wildman–Crippen MR) is 99.7 cm³/mol. The van der Waals surface area contributed by atoms with Crippen molar-refractivity contribution in [1.29, 1.82) is 0 Å². The van der Waals surface area contributed by atoms with Gasteiger partial charge in [-0.05, 0) is 52.7 Å². The second-order valence-corrected chi connectivity index (χ2v) is 6.89. The molecule has 2 rings (SSSR count). The van der Waals surface area contributed by atoms with E-state index in [1.807, 2.05) is 37.3 Å². The molecule has 0 atom stereocenters. The molecule has 1 N–H and O–H groups in total. The lowest BCUT2D eigenvalue weighted by Gasteiger charge is -2.15. The molecule has 2 nitrogen and oxygen atoms in total. The van der Waals surface area contributed by atoms with Gasteiger partial charge in [-0.15, -0.1) is 6.42 Å². The Bertz CT molecular complexity index is 725. The number of aryl methyl sites for hydroxylation is 1. The second-order valence-electron chi connectivity index (χ2n) is 4.68. The topological polar surface area (TPSA) is 21.3 Å². The second kappa shape index (κ2) is 7.92. The van der Waals surface area contributed by atoms with Gasteiger partial charge in [0.2, 0.25) is 0 Å². The predicted octanol–water partition coefficient (Wildman–Crippen LogP) is 5.80. The summed E-state index contributed by atoms with van der Waals surface area (Å²) in [5, 5.41) is 4.08. The first-order valence-corrected chi connectivity index (χ1v) is 8.52. The van der Waals surface area contributed by atoms with Crippen molar-refractivity contribution in [3.8, 4) is 18.1 Å². The molecule has 0 saturated carbocycles. The maximum Gasteiger partial charge on any atom is 0.148 e. The van der Waals surface area contributed by atoms with E-state index in [1.165, 1.54) is 0 Å². The maximum absolute atomic E-state index is 6.05. The van der Waals surface area contributed by atoms with Gasteiger partial charge in [0.1, 0.15) is 12.4 Å². The molecule has 0 aromatic heterocycles. The van der Waals surface area contributed by atoms with Crippen LogP contribution in [0.5, 0.6) is 5.75 Å². The van der Waals surface area contributed by atoms with E-state index >= 15 is 0 Å². The van der Waals surface area contributed by atoms with E-state index in [1.54, 1.807) is 0 Å². The van der Waals surface area contributed by atoms with Crippen molar-refractivity contribution in [2.75, 3.05) is 11.9 Å². The fourth-order valence-corrected chi connectivity index (χ4v) is 3.60. The highest BCUT2D eigenvalue weighted by atomic mass is 79.9. The summed E-state index contributed by atoms with van der Waals surface area (Å²) < 4.78 is 7.47. The van der Waals surface area contributed by atoms with Crippen LogP contribution in [0.2, 0.25) is 5.02 Å². The van der Waals surface area contributed by atoms with Crippen LogP contribution in [0.15, 0.2) is 39.3 Å². The highest BCUT2D eigenvalue weighted by Crippen LogP contribution is 2.33. The van der Waals surface area contributed by atoms with E-state index < -0.39 is 0 Å². The molecular formula is C17H14Br2ClNO. The molecule has 0 radical (unpaired) electrons. The number of ether oxygens (including phenoxy) is 1. The Balaban J connectivity index is 2.25. The first-order valence-electron chi connectivity index (χ1n) is 6.55. The van der Waals surface area contributed by atoms with E-state index in [2.05, 4.69) is 43.1 Å². The minimum Gasteiger partial charge on any atom is -0.479 e. The van der Waals surface area contributed by atoms with Crippen molar-refractivity contribution in [3.63, 3.8) is 0 Å². The van der Waals surface area contributed by atoms with Crippen molar-refractivity contribution in [1.82, 2.24) is 0 Å². The van der Waals surface area contributed by atoms with Crippen molar-refractivity contribution >= 4 is 49.1 Å². The molecule has 0 aliphatic carbocycles. The number of benzene rings is 2. The zero-order chi connectivity index (χ0) is 16.1. The van der Waals surface area contributed by atoms with Gasteiger partial charge in [-0.3, -0.25) is 0 Å². The summed E-state index contributed by atoms with van der Waals surface area (Å²) >= 11 is 13.0. The average Bonchev–Trinajstić information content (AvgIpc) is 2.47. The van der Waals surface area contributed by atoms with Gasteiger partial charge < -0.3 is 10.1 Å². The summed E-state index contributed by atoms with van der Waals surface area (Å²) in [5.41, 5.74) is 3.12. The summed E-state index contributed by atoms with van der Waals surface area (Å²) in [4.78, 5) is 0. The van der Waals surface area contributed by atoms with Crippen LogP contribution in [-0.2, 0) is 6.54 Å². The van der Waals surface area contributed by atoms with Gasteiger partial charge in [-0.25, -0.2) is 0 Å². The van der Waals surface area contributed by atoms with Crippen LogP contribution in [-0.4, -0.2) is 6.61 Å². The smallest absolute Gasteiger partial charge is 0.148 e. The first kappa shape index (κ1) is 17.2. The number of terminal acetylenes is 1. The largest absolute Gasteiger partial charge is 0.479 e. The van der Waals surface area contributed by atoms with E-state index in [-0.39, 0.29) is 6.61 Å². The third-order valence-electron chi connectivity index (χ3n) is 3.05. The number of halogens is 3. The summed E-state index contributed by atoms with van der Waals surface area (Å²) in [5.74, 6) is 3.23. The van der Waals surface area contributed by atoms with Crippen LogP contribution >= 0.6 is 43.5 Å². The van der Waals surface area contributed by atoms with Crippen molar-refractivity contribution in [2.24, 2.45) is 0 Å². The first-order chi connectivity index (χ1) is 10.5. The van der Waals surface area contributed by atoms with Crippen LogP contribution in [0.4, 0.5) is 5.69 Å². The number of hydrogen-bond acceptors (Lipinski definition) is 2. The molecule has 22 heavy (non-hydrogen) atoms. The fraction of sp³-hybridized carbons (Fsp3) is 0.176. The third kappa shape index (κ3) is 4.42. The molecule has 0 spiro atoms. The highest BCUT2D eigenvalue weighted by Gasteiger charge is 2.11. The summed E-state index contributed by atoms with van der Waals surface area (Å²) in [6.07, 6.45) is 5.28. The molecule has 0 aliphatic heterocycles. The quantitative estimate of drug-likeness (QED) is 0.590. The lowest BCUT2D eigenvalue weighted by Crippen LogP contribution is -2.05. The number of rotatable bonds is 5.